The molecular weight excluding hydrogens is 167 g/mol. The molecule has 0 aliphatic carbocycles. The number of carbonyl (C=O) groups is 1. The van der Waals surface area contributed by atoms with Gasteiger partial charge in [-0.3, -0.25) is 0 Å². The minimum Gasteiger partial charge on any atom is -0.501 e. The molecule has 1 aliphatic rings. The first-order chi connectivity index (χ1) is 4.13. The van der Waals surface area contributed by atoms with Crippen LogP contribution in [0.4, 0.5) is 0 Å². The van der Waals surface area contributed by atoms with Gasteiger partial charge in [0, 0.05) is 0 Å². The number of hydrogen-bond acceptors (Lipinski definition) is 3. The summed E-state index contributed by atoms with van der Waals surface area (Å²) >= 11 is 10.5. The molecule has 50 valence electrons. The first kappa shape index (κ1) is 6.71. The third-order valence-electron chi connectivity index (χ3n) is 0.829. The van der Waals surface area contributed by atoms with Crippen LogP contribution in [0.3, 0.4) is 0 Å². The first-order valence-corrected chi connectivity index (χ1v) is 2.88. The van der Waals surface area contributed by atoms with Crippen molar-refractivity contribution < 1.29 is 14.6 Å². The highest BCUT2D eigenvalue weighted by Gasteiger charge is 2.31. The van der Waals surface area contributed by atoms with Gasteiger partial charge in [-0.1, -0.05) is 23.2 Å². The fourth-order valence-electron chi connectivity index (χ4n) is 0.407. The molecule has 0 amide bonds. The zero-order valence-electron chi connectivity index (χ0n) is 4.10. The number of aliphatic hydroxyl groups excluding tert-OH is 1. The Bertz CT molecular complexity index is 186. The molecule has 1 N–H and O–H groups in total. The molecule has 5 heteroatoms. The number of cyclic esters (lactones) is 1. The monoisotopic (exact) mass is 168 g/mol. The van der Waals surface area contributed by atoms with E-state index < -0.39 is 17.3 Å². The van der Waals surface area contributed by atoms with Crippen LogP contribution in [0.25, 0.3) is 0 Å². The smallest absolute Gasteiger partial charge is 0.376 e. The number of ether oxygens (including phenoxy) is 1. The second-order valence-electron chi connectivity index (χ2n) is 1.42. The first-order valence-electron chi connectivity index (χ1n) is 2.06. The maximum atomic E-state index is 10.3. The van der Waals surface area contributed by atoms with Crippen molar-refractivity contribution in [3.8, 4) is 0 Å². The lowest BCUT2D eigenvalue weighted by Crippen LogP contribution is -2.01. The van der Waals surface area contributed by atoms with Gasteiger partial charge >= 0.3 is 5.97 Å². The van der Waals surface area contributed by atoms with Crippen molar-refractivity contribution in [2.75, 3.05) is 0 Å². The van der Waals surface area contributed by atoms with Crippen LogP contribution in [0, 0.1) is 0 Å². The largest absolute Gasteiger partial charge is 0.501 e. The van der Waals surface area contributed by atoms with E-state index in [2.05, 4.69) is 4.74 Å². The Labute approximate surface area is 60.8 Å². The maximum Gasteiger partial charge on any atom is 0.376 e. The zero-order valence-corrected chi connectivity index (χ0v) is 5.61. The van der Waals surface area contributed by atoms with Crippen LogP contribution in [0.1, 0.15) is 0 Å². The second-order valence-corrected chi connectivity index (χ2v) is 2.22. The van der Waals surface area contributed by atoms with Crippen LogP contribution in [0.2, 0.25) is 0 Å². The highest BCUT2D eigenvalue weighted by Crippen LogP contribution is 2.26. The van der Waals surface area contributed by atoms with Crippen molar-refractivity contribution in [3.05, 3.63) is 10.8 Å². The lowest BCUT2D eigenvalue weighted by atomic mass is 10.5. The maximum absolute atomic E-state index is 10.3. The molecule has 1 atom stereocenters. The molecule has 0 aromatic heterocycles. The average molecular weight is 169 g/mol. The van der Waals surface area contributed by atoms with Gasteiger partial charge in [-0.2, -0.15) is 0 Å². The molecule has 1 aliphatic heterocycles. The topological polar surface area (TPSA) is 46.5 Å². The molecule has 3 nitrogen and oxygen atoms in total. The number of halogens is 2. The molecule has 0 radical (unpaired) electrons. The van der Waals surface area contributed by atoms with E-state index in [1.807, 2.05) is 0 Å². The number of rotatable bonds is 0. The Morgan fingerprint density at radius 2 is 2.22 bits per heavy atom. The molecule has 0 aromatic carbocycles. The quantitative estimate of drug-likeness (QED) is 0.436. The van der Waals surface area contributed by atoms with E-state index in [-0.39, 0.29) is 5.03 Å². The van der Waals surface area contributed by atoms with E-state index in [9.17, 15) is 4.79 Å². The molecule has 0 bridgehead atoms. The van der Waals surface area contributed by atoms with E-state index >= 15 is 0 Å². The zero-order chi connectivity index (χ0) is 7.02. The van der Waals surface area contributed by atoms with E-state index in [1.54, 1.807) is 0 Å². The summed E-state index contributed by atoms with van der Waals surface area (Å²) in [7, 11) is 0. The predicted octanol–water partition coefficient (Wildman–Crippen LogP) is 1.12. The third-order valence-corrected chi connectivity index (χ3v) is 1.63. The highest BCUT2D eigenvalue weighted by molar-refractivity contribution is 6.39. The molecular formula is C4H2Cl2O3. The molecule has 0 fully saturated rings. The van der Waals surface area contributed by atoms with E-state index in [0.717, 1.165) is 0 Å². The van der Waals surface area contributed by atoms with Crippen LogP contribution in [-0.2, 0) is 9.53 Å². The third kappa shape index (κ3) is 0.976. The van der Waals surface area contributed by atoms with Crippen LogP contribution in [0.15, 0.2) is 10.8 Å². The van der Waals surface area contributed by atoms with Gasteiger partial charge in [-0.15, -0.1) is 0 Å². The molecule has 0 aromatic rings. The van der Waals surface area contributed by atoms with Crippen LogP contribution in [0.5, 0.6) is 0 Å². The number of carbonyl (C=O) groups excluding carboxylic acids is 1. The summed E-state index contributed by atoms with van der Waals surface area (Å²) in [5, 5.41) is 8.47. The Morgan fingerprint density at radius 3 is 2.33 bits per heavy atom. The molecule has 9 heavy (non-hydrogen) atoms. The summed E-state index contributed by atoms with van der Waals surface area (Å²) in [5.41, 5.74) is -1.01. The van der Waals surface area contributed by atoms with Crippen LogP contribution >= 0.6 is 23.2 Å². The molecule has 0 saturated carbocycles. The van der Waals surface area contributed by atoms with Crippen LogP contribution < -0.4 is 0 Å². The molecule has 0 saturated heterocycles. The van der Waals surface area contributed by atoms with Crippen LogP contribution in [-0.4, -0.2) is 16.6 Å². The van der Waals surface area contributed by atoms with Gasteiger partial charge in [0.05, 0.1) is 0 Å². The van der Waals surface area contributed by atoms with Gasteiger partial charge in [0.1, 0.15) is 5.03 Å². The van der Waals surface area contributed by atoms with Gasteiger partial charge in [0.2, 0.25) is 11.3 Å². The Kier molecular flexibility index (Phi) is 1.55. The van der Waals surface area contributed by atoms with E-state index in [1.165, 1.54) is 0 Å². The van der Waals surface area contributed by atoms with Crippen molar-refractivity contribution in [2.24, 2.45) is 0 Å². The van der Waals surface area contributed by atoms with Crippen molar-refractivity contribution in [1.29, 1.82) is 0 Å². The van der Waals surface area contributed by atoms with Gasteiger partial charge in [0.25, 0.3) is 0 Å². The predicted molar refractivity (Wildman–Crippen MR) is 31.2 cm³/mol. The Hall–Kier alpha value is -0.410. The summed E-state index contributed by atoms with van der Waals surface area (Å²) in [6, 6.07) is 0. The molecule has 1 rings (SSSR count). The Balaban J connectivity index is 2.92. The minimum absolute atomic E-state index is 0.151. The highest BCUT2D eigenvalue weighted by atomic mass is 35.5. The molecule has 0 spiro atoms. The average Bonchev–Trinajstić information content (AvgIpc) is 1.98. The summed E-state index contributed by atoms with van der Waals surface area (Å²) in [4.78, 5) is 10.3. The fourth-order valence-corrected chi connectivity index (χ4v) is 0.712. The van der Waals surface area contributed by atoms with Crippen molar-refractivity contribution in [1.82, 2.24) is 0 Å². The van der Waals surface area contributed by atoms with Gasteiger partial charge in [0.15, 0.2) is 0 Å². The minimum atomic E-state index is -1.01. The van der Waals surface area contributed by atoms with Crippen molar-refractivity contribution in [2.45, 2.75) is 5.56 Å². The number of alkyl halides is 1. The van der Waals surface area contributed by atoms with Crippen molar-refractivity contribution in [3.63, 3.8) is 0 Å². The lowest BCUT2D eigenvalue weighted by molar-refractivity contribution is -0.139. The summed E-state index contributed by atoms with van der Waals surface area (Å²) < 4.78 is 4.26. The lowest BCUT2D eigenvalue weighted by Gasteiger charge is -1.95. The van der Waals surface area contributed by atoms with Gasteiger partial charge in [-0.05, 0) is 0 Å². The van der Waals surface area contributed by atoms with Gasteiger partial charge in [-0.25, -0.2) is 4.79 Å². The standard InChI is InChI=1S/C4H2Cl2O3/c5-1-2(7)4(8)9-3(1)6/h3,7H. The van der Waals surface area contributed by atoms with Crippen molar-refractivity contribution >= 4 is 29.2 Å². The summed E-state index contributed by atoms with van der Waals surface area (Å²) in [6.45, 7) is 0. The molecule has 1 unspecified atom stereocenters. The Morgan fingerprint density at radius 1 is 1.67 bits per heavy atom. The molecule has 1 heterocycles. The second kappa shape index (κ2) is 2.08. The van der Waals surface area contributed by atoms with E-state index in [0.29, 0.717) is 0 Å². The summed E-state index contributed by atoms with van der Waals surface area (Å²) in [6.07, 6.45) is 0. The fraction of sp³-hybridized carbons (Fsp3) is 0.250. The normalized spacial score (nSPS) is 26.9. The van der Waals surface area contributed by atoms with Gasteiger partial charge < -0.3 is 9.84 Å². The van der Waals surface area contributed by atoms with E-state index in [4.69, 9.17) is 28.3 Å². The summed E-state index contributed by atoms with van der Waals surface area (Å²) in [5.74, 6) is -1.48. The number of aliphatic hydroxyl groups is 1. The SMILES string of the molecule is O=C1OC(Cl)C(Cl)=C1O. The number of esters is 1. The number of hydrogen-bond donors (Lipinski definition) is 1.